The number of rotatable bonds is 3. The van der Waals surface area contributed by atoms with Crippen molar-refractivity contribution in [1.82, 2.24) is 4.98 Å². The second-order valence-corrected chi connectivity index (χ2v) is 5.66. The van der Waals surface area contributed by atoms with E-state index in [0.29, 0.717) is 17.1 Å². The summed E-state index contributed by atoms with van der Waals surface area (Å²) in [6.07, 6.45) is 2.08. The van der Waals surface area contributed by atoms with Crippen molar-refractivity contribution in [2.45, 2.75) is 25.9 Å². The van der Waals surface area contributed by atoms with E-state index in [0.717, 1.165) is 17.5 Å². The molecule has 1 atom stereocenters. The molecule has 21 heavy (non-hydrogen) atoms. The molecule has 0 bridgehead atoms. The zero-order valence-corrected chi connectivity index (χ0v) is 12.3. The van der Waals surface area contributed by atoms with E-state index in [1.165, 1.54) is 11.3 Å². The van der Waals surface area contributed by atoms with Crippen molar-refractivity contribution in [2.75, 3.05) is 5.32 Å². The van der Waals surface area contributed by atoms with Gasteiger partial charge in [0.1, 0.15) is 0 Å². The highest BCUT2D eigenvalue weighted by atomic mass is 32.1. The highest BCUT2D eigenvalue weighted by Crippen LogP contribution is 2.23. The van der Waals surface area contributed by atoms with Gasteiger partial charge in [0.15, 0.2) is 11.2 Å². The maximum absolute atomic E-state index is 12.2. The fourth-order valence-corrected chi connectivity index (χ4v) is 2.82. The third-order valence-corrected chi connectivity index (χ3v) is 4.10. The first-order valence-electron chi connectivity index (χ1n) is 6.70. The van der Waals surface area contributed by atoms with Crippen LogP contribution in [0.2, 0.25) is 0 Å². The summed E-state index contributed by atoms with van der Waals surface area (Å²) in [5, 5.41) is 4.94. The van der Waals surface area contributed by atoms with Crippen LogP contribution in [0.5, 0.6) is 0 Å². The maximum atomic E-state index is 12.2. The zero-order chi connectivity index (χ0) is 14.8. The molecule has 1 aromatic heterocycles. The molecule has 1 unspecified atom stereocenters. The van der Waals surface area contributed by atoms with Crippen molar-refractivity contribution in [1.29, 1.82) is 0 Å². The number of cyclic esters (lactones) is 1. The van der Waals surface area contributed by atoms with Gasteiger partial charge < -0.3 is 4.74 Å². The van der Waals surface area contributed by atoms with Crippen molar-refractivity contribution >= 4 is 28.3 Å². The number of esters is 1. The molecule has 1 amide bonds. The summed E-state index contributed by atoms with van der Waals surface area (Å²) in [7, 11) is 0. The predicted octanol–water partition coefficient (Wildman–Crippen LogP) is 2.43. The van der Waals surface area contributed by atoms with Crippen molar-refractivity contribution in [3.63, 3.8) is 0 Å². The van der Waals surface area contributed by atoms with Crippen LogP contribution in [-0.4, -0.2) is 23.0 Å². The quantitative estimate of drug-likeness (QED) is 0.884. The van der Waals surface area contributed by atoms with Crippen molar-refractivity contribution in [3.05, 3.63) is 46.5 Å². The average molecular weight is 302 g/mol. The van der Waals surface area contributed by atoms with Crippen LogP contribution in [0.1, 0.15) is 28.4 Å². The lowest BCUT2D eigenvalue weighted by Gasteiger charge is -2.24. The molecular weight excluding hydrogens is 288 g/mol. The Morgan fingerprint density at radius 2 is 2.38 bits per heavy atom. The minimum atomic E-state index is -0.805. The Morgan fingerprint density at radius 3 is 3.10 bits per heavy atom. The number of aryl methyl sites for hydroxylation is 1. The number of hydrogen-bond acceptors (Lipinski definition) is 5. The summed E-state index contributed by atoms with van der Waals surface area (Å²) in [4.78, 5) is 28.1. The summed E-state index contributed by atoms with van der Waals surface area (Å²) in [6.45, 7) is 2.05. The Kier molecular flexibility index (Phi) is 3.70. The second-order valence-electron chi connectivity index (χ2n) is 4.77. The largest absolute Gasteiger partial charge is 0.448 e. The van der Waals surface area contributed by atoms with E-state index < -0.39 is 12.1 Å². The Balaban J connectivity index is 1.80. The number of amides is 1. The molecule has 1 aromatic carbocycles. The van der Waals surface area contributed by atoms with E-state index >= 15 is 0 Å². The van der Waals surface area contributed by atoms with Gasteiger partial charge in [-0.2, -0.15) is 0 Å². The summed E-state index contributed by atoms with van der Waals surface area (Å²) in [5.41, 5.74) is 2.55. The first-order valence-corrected chi connectivity index (χ1v) is 7.58. The molecule has 0 spiro atoms. The maximum Gasteiger partial charge on any atom is 0.339 e. The zero-order valence-electron chi connectivity index (χ0n) is 11.5. The molecule has 1 aliphatic heterocycles. The lowest BCUT2D eigenvalue weighted by molar-refractivity contribution is -0.125. The molecule has 2 heterocycles. The summed E-state index contributed by atoms with van der Waals surface area (Å²) in [5.74, 6) is -0.788. The Morgan fingerprint density at radius 1 is 1.52 bits per heavy atom. The number of nitrogens with zero attached hydrogens (tertiary/aromatic N) is 1. The standard InChI is InChI=1S/C15H14N2O3S/c1-2-9-3-4-11-10(7-9)8-12(20-14(11)19)13(18)17-15-16-5-6-21-15/h3-7,12H,2,8H2,1H3,(H,16,17,18). The van der Waals surface area contributed by atoms with Gasteiger partial charge in [0, 0.05) is 18.0 Å². The van der Waals surface area contributed by atoms with Crippen LogP contribution in [0.15, 0.2) is 29.8 Å². The van der Waals surface area contributed by atoms with Crippen LogP contribution in [0, 0.1) is 0 Å². The molecule has 3 rings (SSSR count). The number of fused-ring (bicyclic) bond motifs is 1. The highest BCUT2D eigenvalue weighted by molar-refractivity contribution is 7.13. The molecule has 1 aliphatic rings. The fraction of sp³-hybridized carbons (Fsp3) is 0.267. The summed E-state index contributed by atoms with van der Waals surface area (Å²) < 4.78 is 5.22. The molecular formula is C15H14N2O3S. The monoisotopic (exact) mass is 302 g/mol. The Hall–Kier alpha value is -2.21. The SMILES string of the molecule is CCc1ccc2c(c1)CC(C(=O)Nc1nccs1)OC2=O. The molecule has 5 nitrogen and oxygen atoms in total. The van der Waals surface area contributed by atoms with Crippen LogP contribution in [-0.2, 0) is 22.4 Å². The molecule has 0 saturated carbocycles. The van der Waals surface area contributed by atoms with Gasteiger partial charge in [-0.05, 0) is 23.6 Å². The smallest absolute Gasteiger partial charge is 0.339 e. The van der Waals surface area contributed by atoms with Gasteiger partial charge in [-0.15, -0.1) is 11.3 Å². The number of hydrogen-bond donors (Lipinski definition) is 1. The minimum Gasteiger partial charge on any atom is -0.448 e. The van der Waals surface area contributed by atoms with Crippen molar-refractivity contribution in [2.24, 2.45) is 0 Å². The molecule has 0 aliphatic carbocycles. The topological polar surface area (TPSA) is 68.3 Å². The third-order valence-electron chi connectivity index (χ3n) is 3.41. The van der Waals surface area contributed by atoms with Crippen LogP contribution in [0.3, 0.4) is 0 Å². The Labute approximate surface area is 126 Å². The number of anilines is 1. The molecule has 0 saturated heterocycles. The fourth-order valence-electron chi connectivity index (χ4n) is 2.29. The average Bonchev–Trinajstić information content (AvgIpc) is 2.99. The van der Waals surface area contributed by atoms with Crippen LogP contribution in [0.25, 0.3) is 0 Å². The molecule has 0 radical (unpaired) electrons. The summed E-state index contributed by atoms with van der Waals surface area (Å²) >= 11 is 1.32. The number of aromatic nitrogens is 1. The third kappa shape index (κ3) is 2.80. The number of carbonyl (C=O) groups is 2. The normalized spacial score (nSPS) is 17.0. The summed E-state index contributed by atoms with van der Waals surface area (Å²) in [6, 6.07) is 5.65. The molecule has 108 valence electrons. The van der Waals surface area contributed by atoms with Crippen molar-refractivity contribution in [3.8, 4) is 0 Å². The highest BCUT2D eigenvalue weighted by Gasteiger charge is 2.31. The van der Waals surface area contributed by atoms with E-state index in [2.05, 4.69) is 17.2 Å². The Bertz CT molecular complexity index is 682. The number of carbonyl (C=O) groups excluding carboxylic acids is 2. The lowest BCUT2D eigenvalue weighted by Crippen LogP contribution is -2.38. The first-order chi connectivity index (χ1) is 10.2. The van der Waals surface area contributed by atoms with E-state index in [9.17, 15) is 9.59 Å². The van der Waals surface area contributed by atoms with Gasteiger partial charge in [0.25, 0.3) is 5.91 Å². The lowest BCUT2D eigenvalue weighted by atomic mass is 9.95. The van der Waals surface area contributed by atoms with Gasteiger partial charge in [-0.1, -0.05) is 19.1 Å². The predicted molar refractivity (Wildman–Crippen MR) is 79.5 cm³/mol. The van der Waals surface area contributed by atoms with Crippen LogP contribution < -0.4 is 5.32 Å². The van der Waals surface area contributed by atoms with Crippen LogP contribution in [0.4, 0.5) is 5.13 Å². The van der Waals surface area contributed by atoms with E-state index in [1.54, 1.807) is 17.6 Å². The molecule has 0 fully saturated rings. The van der Waals surface area contributed by atoms with Gasteiger partial charge in [-0.25, -0.2) is 9.78 Å². The number of ether oxygens (including phenoxy) is 1. The molecule has 2 aromatic rings. The number of thiazole rings is 1. The van der Waals surface area contributed by atoms with E-state index in [-0.39, 0.29) is 5.91 Å². The van der Waals surface area contributed by atoms with Gasteiger partial charge in [-0.3, -0.25) is 10.1 Å². The molecule has 6 heteroatoms. The second kappa shape index (κ2) is 5.65. The first kappa shape index (κ1) is 13.8. The minimum absolute atomic E-state index is 0.342. The molecule has 1 N–H and O–H groups in total. The van der Waals surface area contributed by atoms with Gasteiger partial charge >= 0.3 is 5.97 Å². The van der Waals surface area contributed by atoms with Gasteiger partial charge in [0.2, 0.25) is 0 Å². The number of nitrogens with one attached hydrogen (secondary N) is 1. The van der Waals surface area contributed by atoms with E-state index in [4.69, 9.17) is 4.74 Å². The van der Waals surface area contributed by atoms with Crippen LogP contribution >= 0.6 is 11.3 Å². The van der Waals surface area contributed by atoms with Crippen molar-refractivity contribution < 1.29 is 14.3 Å². The van der Waals surface area contributed by atoms with Gasteiger partial charge in [0.05, 0.1) is 5.56 Å². The van der Waals surface area contributed by atoms with E-state index in [1.807, 2.05) is 12.1 Å². The number of benzene rings is 1.